The molecule has 0 aliphatic carbocycles. The van der Waals surface area contributed by atoms with Gasteiger partial charge in [0.1, 0.15) is 5.04 Å². The van der Waals surface area contributed by atoms with E-state index in [-0.39, 0.29) is 11.4 Å². The van der Waals surface area contributed by atoms with Crippen LogP contribution < -0.4 is 9.47 Å². The highest BCUT2D eigenvalue weighted by molar-refractivity contribution is 8.26. The molecule has 5 rings (SSSR count). The van der Waals surface area contributed by atoms with Gasteiger partial charge in [0, 0.05) is 29.2 Å². The summed E-state index contributed by atoms with van der Waals surface area (Å²) in [5.41, 5.74) is 2.15. The van der Waals surface area contributed by atoms with E-state index in [0.717, 1.165) is 46.6 Å². The van der Waals surface area contributed by atoms with Gasteiger partial charge in [-0.3, -0.25) is 10.2 Å². The Morgan fingerprint density at radius 1 is 1.11 bits per heavy atom. The van der Waals surface area contributed by atoms with Crippen LogP contribution in [0.25, 0.3) is 17.0 Å². The molecule has 9 heteroatoms. The van der Waals surface area contributed by atoms with E-state index < -0.39 is 5.91 Å². The number of aliphatic imine (C=N–C) groups is 1. The van der Waals surface area contributed by atoms with Crippen molar-refractivity contribution in [3.05, 3.63) is 65.9 Å². The molecule has 2 aromatic carbocycles. The predicted molar refractivity (Wildman–Crippen MR) is 140 cm³/mol. The van der Waals surface area contributed by atoms with E-state index in [9.17, 15) is 4.79 Å². The smallest absolute Gasteiger partial charge is 0.283 e. The zero-order valence-corrected chi connectivity index (χ0v) is 20.3. The van der Waals surface area contributed by atoms with Crippen molar-refractivity contribution in [2.75, 3.05) is 13.7 Å². The number of benzene rings is 2. The molecule has 0 fully saturated rings. The van der Waals surface area contributed by atoms with Crippen molar-refractivity contribution in [1.29, 1.82) is 5.41 Å². The molecule has 0 spiro atoms. The van der Waals surface area contributed by atoms with Crippen LogP contribution in [-0.4, -0.2) is 45.2 Å². The van der Waals surface area contributed by atoms with Gasteiger partial charge in [0.05, 0.1) is 19.3 Å². The average Bonchev–Trinajstić information content (AvgIpc) is 3.46. The minimum atomic E-state index is -0.414. The zero-order valence-electron chi connectivity index (χ0n) is 19.5. The van der Waals surface area contributed by atoms with Crippen LogP contribution in [-0.2, 0) is 11.3 Å². The van der Waals surface area contributed by atoms with Crippen molar-refractivity contribution in [2.45, 2.75) is 26.3 Å². The molecule has 0 bridgehead atoms. The van der Waals surface area contributed by atoms with Crippen LogP contribution in [0.1, 0.15) is 25.3 Å². The molecule has 178 valence electrons. The lowest BCUT2D eigenvalue weighted by molar-refractivity contribution is -0.114. The van der Waals surface area contributed by atoms with Gasteiger partial charge < -0.3 is 14.0 Å². The van der Waals surface area contributed by atoms with Gasteiger partial charge in [-0.05, 0) is 48.9 Å². The van der Waals surface area contributed by atoms with Crippen LogP contribution in [0.2, 0.25) is 0 Å². The third-order valence-corrected chi connectivity index (χ3v) is 6.84. The number of hydrazone groups is 1. The number of methoxy groups -OCH3 is 1. The molecule has 3 aromatic rings. The second kappa shape index (κ2) is 9.79. The van der Waals surface area contributed by atoms with Crippen LogP contribution in [0.5, 0.6) is 11.5 Å². The SMILES string of the molecule is CCC1=NN2C(=N)/C(=C/c3cn(CCCOc4ccccc4OC)c4ccccc34)C(=O)N=C2S1. The van der Waals surface area contributed by atoms with Crippen molar-refractivity contribution < 1.29 is 14.3 Å². The van der Waals surface area contributed by atoms with Gasteiger partial charge in [-0.15, -0.1) is 0 Å². The van der Waals surface area contributed by atoms with Gasteiger partial charge in [-0.25, -0.2) is 0 Å². The molecule has 35 heavy (non-hydrogen) atoms. The molecular weight excluding hydrogens is 462 g/mol. The number of rotatable bonds is 8. The van der Waals surface area contributed by atoms with Crippen LogP contribution in [0.15, 0.2) is 70.4 Å². The van der Waals surface area contributed by atoms with Gasteiger partial charge in [-0.1, -0.05) is 37.3 Å². The van der Waals surface area contributed by atoms with E-state index in [1.54, 1.807) is 13.2 Å². The second-order valence-electron chi connectivity index (χ2n) is 8.02. The summed E-state index contributed by atoms with van der Waals surface area (Å²) in [5, 5.41) is 16.8. The van der Waals surface area contributed by atoms with E-state index in [4.69, 9.17) is 14.9 Å². The van der Waals surface area contributed by atoms with Crippen molar-refractivity contribution >= 4 is 50.7 Å². The van der Waals surface area contributed by atoms with Crippen molar-refractivity contribution in [2.24, 2.45) is 10.1 Å². The summed E-state index contributed by atoms with van der Waals surface area (Å²) in [5.74, 6) is 1.08. The number of para-hydroxylation sites is 3. The summed E-state index contributed by atoms with van der Waals surface area (Å²) in [6.07, 6.45) is 5.28. The summed E-state index contributed by atoms with van der Waals surface area (Å²) in [6.45, 7) is 3.26. The number of aryl methyl sites for hydroxylation is 1. The number of hydrogen-bond acceptors (Lipinski definition) is 6. The van der Waals surface area contributed by atoms with Crippen LogP contribution >= 0.6 is 11.8 Å². The Morgan fingerprint density at radius 3 is 2.69 bits per heavy atom. The number of amides is 1. The number of nitrogens with one attached hydrogen (secondary N) is 1. The van der Waals surface area contributed by atoms with Gasteiger partial charge in [-0.2, -0.15) is 15.1 Å². The number of carbonyl (C=O) groups is 1. The maximum atomic E-state index is 12.8. The number of fused-ring (bicyclic) bond motifs is 2. The fourth-order valence-electron chi connectivity index (χ4n) is 4.06. The number of thioether (sulfide) groups is 1. The fourth-order valence-corrected chi connectivity index (χ4v) is 4.89. The second-order valence-corrected chi connectivity index (χ2v) is 9.06. The Bertz CT molecular complexity index is 1400. The Morgan fingerprint density at radius 2 is 1.89 bits per heavy atom. The summed E-state index contributed by atoms with van der Waals surface area (Å²) in [4.78, 5) is 16.9. The number of carbonyl (C=O) groups excluding carboxylic acids is 1. The molecular formula is C26H25N5O3S. The number of amidine groups is 2. The van der Waals surface area contributed by atoms with Gasteiger partial charge in [0.2, 0.25) is 5.17 Å². The monoisotopic (exact) mass is 487 g/mol. The maximum Gasteiger partial charge on any atom is 0.283 e. The molecule has 0 unspecified atom stereocenters. The van der Waals surface area contributed by atoms with Crippen LogP contribution in [0.3, 0.4) is 0 Å². The molecule has 0 atom stereocenters. The molecule has 0 saturated carbocycles. The van der Waals surface area contributed by atoms with Crippen LogP contribution in [0, 0.1) is 5.41 Å². The molecule has 0 saturated heterocycles. The molecule has 2 aliphatic heterocycles. The Labute approximate surface area is 207 Å². The summed E-state index contributed by atoms with van der Waals surface area (Å²) in [6, 6.07) is 15.6. The lowest BCUT2D eigenvalue weighted by Gasteiger charge is -2.20. The zero-order chi connectivity index (χ0) is 24.4. The van der Waals surface area contributed by atoms with Crippen molar-refractivity contribution in [1.82, 2.24) is 9.58 Å². The minimum Gasteiger partial charge on any atom is -0.493 e. The number of ether oxygens (including phenoxy) is 2. The first kappa shape index (κ1) is 22.9. The molecule has 1 amide bonds. The van der Waals surface area contributed by atoms with Crippen molar-refractivity contribution in [3.8, 4) is 11.5 Å². The maximum absolute atomic E-state index is 12.8. The van der Waals surface area contributed by atoms with E-state index in [1.165, 1.54) is 16.8 Å². The normalized spacial score (nSPS) is 16.5. The third-order valence-electron chi connectivity index (χ3n) is 5.79. The number of nitrogens with zero attached hydrogens (tertiary/aromatic N) is 4. The predicted octanol–water partition coefficient (Wildman–Crippen LogP) is 5.15. The molecule has 1 N–H and O–H groups in total. The summed E-state index contributed by atoms with van der Waals surface area (Å²) in [7, 11) is 1.63. The number of hydrogen-bond donors (Lipinski definition) is 1. The molecule has 1 aromatic heterocycles. The summed E-state index contributed by atoms with van der Waals surface area (Å²) < 4.78 is 13.4. The molecule has 0 radical (unpaired) electrons. The molecule has 8 nitrogen and oxygen atoms in total. The quantitative estimate of drug-likeness (QED) is 0.351. The topological polar surface area (TPSA) is 92.3 Å². The highest BCUT2D eigenvalue weighted by Crippen LogP contribution is 2.31. The minimum absolute atomic E-state index is 0.0537. The van der Waals surface area contributed by atoms with Crippen LogP contribution in [0.4, 0.5) is 0 Å². The molecule has 2 aliphatic rings. The van der Waals surface area contributed by atoms with E-state index in [2.05, 4.69) is 20.7 Å². The van der Waals surface area contributed by atoms with E-state index >= 15 is 0 Å². The third kappa shape index (κ3) is 4.46. The molecule has 3 heterocycles. The average molecular weight is 488 g/mol. The van der Waals surface area contributed by atoms with Gasteiger partial charge in [0.25, 0.3) is 5.91 Å². The Kier molecular flexibility index (Phi) is 6.41. The number of aromatic nitrogens is 1. The highest BCUT2D eigenvalue weighted by atomic mass is 32.2. The lowest BCUT2D eigenvalue weighted by atomic mass is 10.1. The highest BCUT2D eigenvalue weighted by Gasteiger charge is 2.35. The lowest BCUT2D eigenvalue weighted by Crippen LogP contribution is -2.35. The van der Waals surface area contributed by atoms with Crippen molar-refractivity contribution in [3.63, 3.8) is 0 Å². The first-order chi connectivity index (χ1) is 17.1. The first-order valence-corrected chi connectivity index (χ1v) is 12.2. The Hall–Kier alpha value is -3.85. The Balaban J connectivity index is 1.37. The van der Waals surface area contributed by atoms with Gasteiger partial charge >= 0.3 is 0 Å². The first-order valence-electron chi connectivity index (χ1n) is 11.4. The summed E-state index contributed by atoms with van der Waals surface area (Å²) >= 11 is 1.34. The van der Waals surface area contributed by atoms with Gasteiger partial charge in [0.15, 0.2) is 17.3 Å². The fraction of sp³-hybridized carbons (Fsp3) is 0.231. The van der Waals surface area contributed by atoms with E-state index in [0.29, 0.717) is 17.5 Å². The van der Waals surface area contributed by atoms with E-state index in [1.807, 2.05) is 55.6 Å². The standard InChI is InChI=1S/C26H25N5O3S/c1-3-23-29-31-24(27)19(25(32)28-26(31)35-23)15-17-16-30(20-10-5-4-9-18(17)20)13-8-14-34-22-12-7-6-11-21(22)33-2/h4-7,9-12,15-16,27H,3,8,13-14H2,1-2H3/b19-15-,27-24?. The largest absolute Gasteiger partial charge is 0.493 e.